The monoisotopic (exact) mass is 212 g/mol. The summed E-state index contributed by atoms with van der Waals surface area (Å²) in [6, 6.07) is 1.06. The van der Waals surface area contributed by atoms with Crippen molar-refractivity contribution in [3.8, 4) is 0 Å². The number of hydrogen-bond donors (Lipinski definition) is 2. The van der Waals surface area contributed by atoms with Gasteiger partial charge < -0.3 is 15.8 Å². The van der Waals surface area contributed by atoms with E-state index in [1.54, 1.807) is 0 Å². The van der Waals surface area contributed by atoms with Crippen LogP contribution in [0.4, 0.5) is 0 Å². The van der Waals surface area contributed by atoms with Crippen molar-refractivity contribution in [2.24, 2.45) is 11.7 Å². The molecule has 0 radical (unpaired) electrons. The zero-order valence-corrected chi connectivity index (χ0v) is 9.58. The summed E-state index contributed by atoms with van der Waals surface area (Å²) < 4.78 is 5.58. The second-order valence-corrected chi connectivity index (χ2v) is 5.10. The average molecular weight is 212 g/mol. The number of nitrogens with one attached hydrogen (secondary N) is 1. The molecule has 0 bridgehead atoms. The van der Waals surface area contributed by atoms with Gasteiger partial charge in [-0.05, 0) is 38.0 Å². The molecule has 0 spiro atoms. The van der Waals surface area contributed by atoms with Crippen molar-refractivity contribution in [2.75, 3.05) is 19.8 Å². The largest absolute Gasteiger partial charge is 0.380 e. The predicted molar refractivity (Wildman–Crippen MR) is 61.8 cm³/mol. The molecule has 3 heteroatoms. The maximum Gasteiger partial charge on any atom is 0.0591 e. The Morgan fingerprint density at radius 3 is 2.80 bits per heavy atom. The van der Waals surface area contributed by atoms with Crippen LogP contribution in [0.3, 0.4) is 0 Å². The molecule has 2 aliphatic rings. The summed E-state index contributed by atoms with van der Waals surface area (Å²) in [7, 11) is 0. The summed E-state index contributed by atoms with van der Waals surface area (Å²) in [5, 5.41) is 3.54. The molecular weight excluding hydrogens is 188 g/mol. The molecule has 2 saturated carbocycles. The van der Waals surface area contributed by atoms with E-state index >= 15 is 0 Å². The predicted octanol–water partition coefficient (Wildman–Crippen LogP) is 1.27. The second-order valence-electron chi connectivity index (χ2n) is 5.10. The first-order valence-electron chi connectivity index (χ1n) is 6.41. The van der Waals surface area contributed by atoms with Crippen LogP contribution in [0.15, 0.2) is 0 Å². The lowest BCUT2D eigenvalue weighted by molar-refractivity contribution is 0.122. The van der Waals surface area contributed by atoms with Gasteiger partial charge in [0.05, 0.1) is 6.61 Å². The Kier molecular flexibility index (Phi) is 4.42. The normalized spacial score (nSPS) is 31.8. The molecule has 2 atom stereocenters. The van der Waals surface area contributed by atoms with Gasteiger partial charge in [-0.2, -0.15) is 0 Å². The molecule has 2 aliphatic carbocycles. The summed E-state index contributed by atoms with van der Waals surface area (Å²) in [4.78, 5) is 0. The topological polar surface area (TPSA) is 47.3 Å². The van der Waals surface area contributed by atoms with Gasteiger partial charge >= 0.3 is 0 Å². The molecule has 0 saturated heterocycles. The van der Waals surface area contributed by atoms with Crippen LogP contribution in [0.2, 0.25) is 0 Å². The molecule has 0 amide bonds. The van der Waals surface area contributed by atoms with Gasteiger partial charge in [0, 0.05) is 25.2 Å². The van der Waals surface area contributed by atoms with Crippen LogP contribution >= 0.6 is 0 Å². The van der Waals surface area contributed by atoms with E-state index in [0.29, 0.717) is 12.1 Å². The van der Waals surface area contributed by atoms with Crippen molar-refractivity contribution >= 4 is 0 Å². The van der Waals surface area contributed by atoms with E-state index in [2.05, 4.69) is 5.32 Å². The molecule has 0 heterocycles. The number of ether oxygens (including phenoxy) is 1. The fourth-order valence-electron chi connectivity index (χ4n) is 2.28. The first kappa shape index (κ1) is 11.4. The van der Waals surface area contributed by atoms with Crippen LogP contribution in [-0.4, -0.2) is 31.8 Å². The Morgan fingerprint density at radius 1 is 1.20 bits per heavy atom. The van der Waals surface area contributed by atoms with Crippen LogP contribution < -0.4 is 11.1 Å². The van der Waals surface area contributed by atoms with Gasteiger partial charge in [-0.1, -0.05) is 6.42 Å². The van der Waals surface area contributed by atoms with Gasteiger partial charge in [-0.25, -0.2) is 0 Å². The SMILES string of the molecule is NC1CCCC(NCCOCC2CC2)C1. The highest BCUT2D eigenvalue weighted by Crippen LogP contribution is 2.28. The Bertz CT molecular complexity index is 182. The van der Waals surface area contributed by atoms with E-state index in [-0.39, 0.29) is 0 Å². The zero-order valence-electron chi connectivity index (χ0n) is 9.58. The third-order valence-electron chi connectivity index (χ3n) is 3.44. The van der Waals surface area contributed by atoms with Crippen LogP contribution in [0, 0.1) is 5.92 Å². The third-order valence-corrected chi connectivity index (χ3v) is 3.44. The van der Waals surface area contributed by atoms with Gasteiger partial charge in [-0.3, -0.25) is 0 Å². The molecule has 2 rings (SSSR count). The summed E-state index contributed by atoms with van der Waals surface area (Å²) in [6.45, 7) is 2.83. The molecule has 88 valence electrons. The fraction of sp³-hybridized carbons (Fsp3) is 1.00. The number of hydrogen-bond acceptors (Lipinski definition) is 3. The molecule has 0 aromatic carbocycles. The second kappa shape index (κ2) is 5.83. The summed E-state index contributed by atoms with van der Waals surface area (Å²) in [5.74, 6) is 0.883. The molecule has 0 aliphatic heterocycles. The number of rotatable bonds is 6. The minimum absolute atomic E-state index is 0.420. The van der Waals surface area contributed by atoms with Crippen LogP contribution in [-0.2, 0) is 4.74 Å². The number of nitrogens with two attached hydrogens (primary N) is 1. The smallest absolute Gasteiger partial charge is 0.0591 e. The minimum atomic E-state index is 0.420. The zero-order chi connectivity index (χ0) is 10.5. The lowest BCUT2D eigenvalue weighted by Gasteiger charge is -2.27. The Labute approximate surface area is 92.7 Å². The summed E-state index contributed by atoms with van der Waals surface area (Å²) >= 11 is 0. The lowest BCUT2D eigenvalue weighted by Crippen LogP contribution is -2.40. The van der Waals surface area contributed by atoms with E-state index in [0.717, 1.165) is 32.1 Å². The minimum Gasteiger partial charge on any atom is -0.380 e. The highest BCUT2D eigenvalue weighted by molar-refractivity contribution is 4.79. The first-order chi connectivity index (χ1) is 7.34. The van der Waals surface area contributed by atoms with Crippen molar-refractivity contribution < 1.29 is 4.74 Å². The molecule has 2 unspecified atom stereocenters. The van der Waals surface area contributed by atoms with Crippen LogP contribution in [0.1, 0.15) is 38.5 Å². The standard InChI is InChI=1S/C12H24N2O/c13-11-2-1-3-12(8-11)14-6-7-15-9-10-4-5-10/h10-12,14H,1-9,13H2. The summed E-state index contributed by atoms with van der Waals surface area (Å²) in [5.41, 5.74) is 5.93. The van der Waals surface area contributed by atoms with Crippen molar-refractivity contribution in [1.29, 1.82) is 0 Å². The quantitative estimate of drug-likeness (QED) is 0.652. The highest BCUT2D eigenvalue weighted by atomic mass is 16.5. The Morgan fingerprint density at radius 2 is 2.07 bits per heavy atom. The third kappa shape index (κ3) is 4.49. The molecular formula is C12H24N2O. The van der Waals surface area contributed by atoms with E-state index in [9.17, 15) is 0 Å². The van der Waals surface area contributed by atoms with E-state index in [1.165, 1.54) is 32.1 Å². The van der Waals surface area contributed by atoms with Crippen molar-refractivity contribution in [2.45, 2.75) is 50.6 Å². The Hall–Kier alpha value is -0.120. The van der Waals surface area contributed by atoms with Crippen LogP contribution in [0.25, 0.3) is 0 Å². The van der Waals surface area contributed by atoms with Crippen molar-refractivity contribution in [3.63, 3.8) is 0 Å². The van der Waals surface area contributed by atoms with Gasteiger partial charge in [0.2, 0.25) is 0 Å². The van der Waals surface area contributed by atoms with Gasteiger partial charge in [0.1, 0.15) is 0 Å². The Balaban J connectivity index is 1.45. The van der Waals surface area contributed by atoms with E-state index in [4.69, 9.17) is 10.5 Å². The maximum atomic E-state index is 5.93. The molecule has 0 aromatic heterocycles. The van der Waals surface area contributed by atoms with Gasteiger partial charge in [0.15, 0.2) is 0 Å². The summed E-state index contributed by atoms with van der Waals surface area (Å²) in [6.07, 6.45) is 7.67. The van der Waals surface area contributed by atoms with Crippen LogP contribution in [0.5, 0.6) is 0 Å². The van der Waals surface area contributed by atoms with Crippen molar-refractivity contribution in [3.05, 3.63) is 0 Å². The average Bonchev–Trinajstić information content (AvgIpc) is 3.01. The van der Waals surface area contributed by atoms with Gasteiger partial charge in [0.25, 0.3) is 0 Å². The molecule has 0 aromatic rings. The molecule has 3 nitrogen and oxygen atoms in total. The maximum absolute atomic E-state index is 5.93. The van der Waals surface area contributed by atoms with E-state index < -0.39 is 0 Å². The fourth-order valence-corrected chi connectivity index (χ4v) is 2.28. The van der Waals surface area contributed by atoms with Gasteiger partial charge in [-0.15, -0.1) is 0 Å². The lowest BCUT2D eigenvalue weighted by atomic mass is 9.92. The van der Waals surface area contributed by atoms with Crippen molar-refractivity contribution in [1.82, 2.24) is 5.32 Å². The molecule has 3 N–H and O–H groups in total. The highest BCUT2D eigenvalue weighted by Gasteiger charge is 2.21. The first-order valence-corrected chi connectivity index (χ1v) is 6.41. The molecule has 2 fully saturated rings. The molecule has 15 heavy (non-hydrogen) atoms. The van der Waals surface area contributed by atoms with E-state index in [1.807, 2.05) is 0 Å².